The molecule has 78 valence electrons. The first kappa shape index (κ1) is 11.9. The highest BCUT2D eigenvalue weighted by molar-refractivity contribution is 4.79. The molecule has 0 aliphatic carbocycles. The third-order valence-electron chi connectivity index (χ3n) is 0.892. The van der Waals surface area contributed by atoms with E-state index in [0.717, 1.165) is 7.11 Å². The zero-order chi connectivity index (χ0) is 10.7. The van der Waals surface area contributed by atoms with Crippen LogP contribution < -0.4 is 0 Å². The minimum absolute atomic E-state index is 0.250. The Morgan fingerprint density at radius 2 is 1.38 bits per heavy atom. The van der Waals surface area contributed by atoms with Crippen molar-refractivity contribution in [1.82, 2.24) is 4.90 Å². The quantitative estimate of drug-likeness (QED) is 0.393. The number of halogens is 6. The number of methoxy groups -OCH3 is 1. The number of hydrogen-bond acceptors (Lipinski definition) is 2. The van der Waals surface area contributed by atoms with E-state index < -0.39 is 17.5 Å². The van der Waals surface area contributed by atoms with Crippen molar-refractivity contribution in [2.75, 3.05) is 7.11 Å². The molecule has 0 N–H and O–H groups in total. The SMILES string of the molecule is CO/C=C/N(C(F)(F)F)C(F)(F)F. The first-order valence-corrected chi connectivity index (χ1v) is 2.82. The molecule has 0 saturated heterocycles. The maximum absolute atomic E-state index is 11.6. The summed E-state index contributed by atoms with van der Waals surface area (Å²) in [6, 6.07) is 0. The molecule has 0 rings (SSSR count). The second-order valence-electron chi connectivity index (χ2n) is 1.83. The van der Waals surface area contributed by atoms with Crippen LogP contribution in [0.4, 0.5) is 26.3 Å². The second kappa shape index (κ2) is 3.75. The van der Waals surface area contributed by atoms with Gasteiger partial charge in [0.2, 0.25) is 0 Å². The van der Waals surface area contributed by atoms with Crippen molar-refractivity contribution in [2.45, 2.75) is 12.6 Å². The Kier molecular flexibility index (Phi) is 3.44. The molecule has 0 aliphatic heterocycles. The molecule has 0 aliphatic rings. The largest absolute Gasteiger partial charge is 0.503 e. The van der Waals surface area contributed by atoms with E-state index in [1.807, 2.05) is 0 Å². The molecule has 0 radical (unpaired) electrons. The summed E-state index contributed by atoms with van der Waals surface area (Å²) in [7, 11) is 0.932. The van der Waals surface area contributed by atoms with Crippen molar-refractivity contribution in [2.24, 2.45) is 0 Å². The molecular formula is C5H5F6NO. The van der Waals surface area contributed by atoms with E-state index in [9.17, 15) is 26.3 Å². The van der Waals surface area contributed by atoms with Gasteiger partial charge in [0.15, 0.2) is 0 Å². The molecule has 2 nitrogen and oxygen atoms in total. The monoisotopic (exact) mass is 209 g/mol. The average molecular weight is 209 g/mol. The highest BCUT2D eigenvalue weighted by atomic mass is 19.4. The van der Waals surface area contributed by atoms with Crippen molar-refractivity contribution in [1.29, 1.82) is 0 Å². The fourth-order valence-corrected chi connectivity index (χ4v) is 0.434. The van der Waals surface area contributed by atoms with Gasteiger partial charge in [-0.1, -0.05) is 0 Å². The van der Waals surface area contributed by atoms with E-state index >= 15 is 0 Å². The van der Waals surface area contributed by atoms with Crippen LogP contribution in [0.1, 0.15) is 0 Å². The van der Waals surface area contributed by atoms with Gasteiger partial charge in [0.05, 0.1) is 19.6 Å². The number of alkyl halides is 6. The van der Waals surface area contributed by atoms with Gasteiger partial charge in [0.1, 0.15) is 0 Å². The van der Waals surface area contributed by atoms with Crippen LogP contribution in [0.3, 0.4) is 0 Å². The van der Waals surface area contributed by atoms with Crippen LogP contribution in [-0.2, 0) is 4.74 Å². The van der Waals surface area contributed by atoms with Crippen molar-refractivity contribution in [3.8, 4) is 0 Å². The zero-order valence-corrected chi connectivity index (χ0v) is 6.28. The van der Waals surface area contributed by atoms with Crippen molar-refractivity contribution in [3.05, 3.63) is 12.5 Å². The summed E-state index contributed by atoms with van der Waals surface area (Å²) in [5.74, 6) is 0. The van der Waals surface area contributed by atoms with Gasteiger partial charge in [-0.2, -0.15) is 4.90 Å². The Labute approximate surface area is 69.4 Å². The molecule has 8 heteroatoms. The van der Waals surface area contributed by atoms with Gasteiger partial charge >= 0.3 is 12.6 Å². The minimum atomic E-state index is -5.51. The second-order valence-corrected chi connectivity index (χ2v) is 1.83. The summed E-state index contributed by atoms with van der Waals surface area (Å²) in [5, 5.41) is 0. The molecule has 0 fully saturated rings. The maximum atomic E-state index is 11.6. The molecule has 0 aromatic carbocycles. The lowest BCUT2D eigenvalue weighted by atomic mass is 10.7. The van der Waals surface area contributed by atoms with Gasteiger partial charge in [-0.05, 0) is 0 Å². The van der Waals surface area contributed by atoms with Gasteiger partial charge in [0, 0.05) is 0 Å². The molecule has 0 heterocycles. The van der Waals surface area contributed by atoms with Gasteiger partial charge in [-0.3, -0.25) is 0 Å². The predicted molar refractivity (Wildman–Crippen MR) is 30.1 cm³/mol. The summed E-state index contributed by atoms with van der Waals surface area (Å²) in [5.41, 5.74) is 0. The molecule has 0 saturated carbocycles. The molecule has 0 spiro atoms. The van der Waals surface area contributed by atoms with Gasteiger partial charge in [-0.25, -0.2) is 0 Å². The summed E-state index contributed by atoms with van der Waals surface area (Å²) in [4.78, 5) is -1.72. The number of nitrogens with zero attached hydrogens (tertiary/aromatic N) is 1. The van der Waals surface area contributed by atoms with Gasteiger partial charge in [-0.15, -0.1) is 26.3 Å². The number of rotatable bonds is 2. The van der Waals surface area contributed by atoms with E-state index in [0.29, 0.717) is 0 Å². The van der Waals surface area contributed by atoms with Crippen LogP contribution in [0, 0.1) is 0 Å². The molecule has 0 atom stereocenters. The molecule has 0 amide bonds. The van der Waals surface area contributed by atoms with Crippen LogP contribution >= 0.6 is 0 Å². The smallest absolute Gasteiger partial charge is 0.491 e. The lowest BCUT2D eigenvalue weighted by Crippen LogP contribution is -2.44. The standard InChI is InChI=1S/C5H5F6NO/c1-13-3-2-12(4(6,7)8)5(9,10)11/h2-3H,1H3/b3-2+. The van der Waals surface area contributed by atoms with E-state index in [2.05, 4.69) is 4.74 Å². The van der Waals surface area contributed by atoms with Gasteiger partial charge < -0.3 is 4.74 Å². The lowest BCUT2D eigenvalue weighted by Gasteiger charge is -2.24. The topological polar surface area (TPSA) is 12.5 Å². The Bertz CT molecular complexity index is 168. The lowest BCUT2D eigenvalue weighted by molar-refractivity contribution is -0.354. The Hall–Kier alpha value is -1.08. The van der Waals surface area contributed by atoms with Crippen LogP contribution in [0.2, 0.25) is 0 Å². The Morgan fingerprint density at radius 3 is 1.62 bits per heavy atom. The third-order valence-corrected chi connectivity index (χ3v) is 0.892. The van der Waals surface area contributed by atoms with E-state index in [4.69, 9.17) is 0 Å². The van der Waals surface area contributed by atoms with Crippen LogP contribution in [0.15, 0.2) is 12.5 Å². The summed E-state index contributed by atoms with van der Waals surface area (Å²) in [6.07, 6.45) is -11.0. The fraction of sp³-hybridized carbons (Fsp3) is 0.600. The fourth-order valence-electron chi connectivity index (χ4n) is 0.434. The summed E-state index contributed by atoms with van der Waals surface area (Å²) < 4.78 is 73.8. The normalized spacial score (nSPS) is 13.5. The van der Waals surface area contributed by atoms with Crippen molar-refractivity contribution >= 4 is 0 Å². The highest BCUT2D eigenvalue weighted by Gasteiger charge is 2.51. The van der Waals surface area contributed by atoms with Crippen molar-refractivity contribution in [3.63, 3.8) is 0 Å². The molecular weight excluding hydrogens is 204 g/mol. The zero-order valence-electron chi connectivity index (χ0n) is 6.28. The molecule has 0 unspecified atom stereocenters. The third kappa shape index (κ3) is 3.90. The molecule has 0 aromatic heterocycles. The van der Waals surface area contributed by atoms with Crippen LogP contribution in [0.25, 0.3) is 0 Å². The van der Waals surface area contributed by atoms with E-state index in [1.54, 1.807) is 0 Å². The van der Waals surface area contributed by atoms with Crippen molar-refractivity contribution < 1.29 is 31.1 Å². The highest BCUT2D eigenvalue weighted by Crippen LogP contribution is 2.33. The van der Waals surface area contributed by atoms with Crippen LogP contribution in [-0.4, -0.2) is 24.6 Å². The number of ether oxygens (including phenoxy) is 1. The molecule has 0 aromatic rings. The first-order chi connectivity index (χ1) is 5.69. The first-order valence-electron chi connectivity index (χ1n) is 2.82. The van der Waals surface area contributed by atoms with E-state index in [-0.39, 0.29) is 12.5 Å². The van der Waals surface area contributed by atoms with E-state index in [1.165, 1.54) is 0 Å². The summed E-state index contributed by atoms with van der Waals surface area (Å²) in [6.45, 7) is 0. The predicted octanol–water partition coefficient (Wildman–Crippen LogP) is 2.45. The Morgan fingerprint density at radius 1 is 1.00 bits per heavy atom. The summed E-state index contributed by atoms with van der Waals surface area (Å²) >= 11 is 0. The van der Waals surface area contributed by atoms with Gasteiger partial charge in [0.25, 0.3) is 0 Å². The Balaban J connectivity index is 4.68. The maximum Gasteiger partial charge on any atom is 0.491 e. The molecule has 0 bridgehead atoms. The average Bonchev–Trinajstić information content (AvgIpc) is 1.81. The molecule has 13 heavy (non-hydrogen) atoms. The minimum Gasteiger partial charge on any atom is -0.503 e. The number of hydrogen-bond donors (Lipinski definition) is 0. The van der Waals surface area contributed by atoms with Crippen LogP contribution in [0.5, 0.6) is 0 Å².